The Morgan fingerprint density at radius 3 is 2.23 bits per heavy atom. The van der Waals surface area contributed by atoms with Crippen LogP contribution in [0.3, 0.4) is 0 Å². The molecule has 9 nitrogen and oxygen atoms in total. The molecule has 0 bridgehead atoms. The summed E-state index contributed by atoms with van der Waals surface area (Å²) in [5.74, 6) is -5.40. The van der Waals surface area contributed by atoms with Crippen molar-refractivity contribution in [3.63, 3.8) is 0 Å². The van der Waals surface area contributed by atoms with Crippen molar-refractivity contribution in [2.24, 2.45) is 0 Å². The van der Waals surface area contributed by atoms with E-state index in [9.17, 15) is 40.5 Å². The lowest BCUT2D eigenvalue weighted by Crippen LogP contribution is -2.31. The fourth-order valence-electron chi connectivity index (χ4n) is 3.88. The van der Waals surface area contributed by atoms with Crippen LogP contribution in [0.4, 0.5) is 0 Å². The zero-order chi connectivity index (χ0) is 21.7. The van der Waals surface area contributed by atoms with E-state index in [1.54, 1.807) is 0 Å². The SMILES string of the molecule is O=C1c2c(O)cccc2C(C2=C(O)C(O)=C(O)C(CO)O2)c2cc(CO)cc(O)c21. The van der Waals surface area contributed by atoms with Gasteiger partial charge in [0.1, 0.15) is 11.5 Å². The summed E-state index contributed by atoms with van der Waals surface area (Å²) >= 11 is 0. The normalized spacial score (nSPS) is 20.7. The van der Waals surface area contributed by atoms with Crippen LogP contribution >= 0.6 is 0 Å². The molecule has 1 aliphatic heterocycles. The van der Waals surface area contributed by atoms with E-state index in [1.807, 2.05) is 0 Å². The summed E-state index contributed by atoms with van der Waals surface area (Å²) in [5.41, 5.74) is 0.313. The molecule has 1 aliphatic carbocycles. The van der Waals surface area contributed by atoms with Crippen molar-refractivity contribution < 1.29 is 45.3 Å². The molecular formula is C21H18O9. The number of benzene rings is 2. The number of ether oxygens (including phenoxy) is 1. The van der Waals surface area contributed by atoms with E-state index in [0.29, 0.717) is 0 Å². The Morgan fingerprint density at radius 1 is 0.867 bits per heavy atom. The molecule has 0 radical (unpaired) electrons. The number of phenols is 2. The molecule has 0 fully saturated rings. The summed E-state index contributed by atoms with van der Waals surface area (Å²) in [6, 6.07) is 6.88. The van der Waals surface area contributed by atoms with Crippen LogP contribution in [0.25, 0.3) is 0 Å². The Bertz CT molecular complexity index is 1130. The van der Waals surface area contributed by atoms with Gasteiger partial charge in [-0.15, -0.1) is 0 Å². The van der Waals surface area contributed by atoms with Crippen LogP contribution in [0.1, 0.15) is 38.5 Å². The van der Waals surface area contributed by atoms with Crippen LogP contribution in [0.15, 0.2) is 53.4 Å². The van der Waals surface area contributed by atoms with Crippen LogP contribution in [0.2, 0.25) is 0 Å². The van der Waals surface area contributed by atoms with E-state index in [1.165, 1.54) is 30.3 Å². The smallest absolute Gasteiger partial charge is 0.203 e. The number of allylic oxidation sites excluding steroid dienone is 1. The van der Waals surface area contributed by atoms with Gasteiger partial charge in [-0.25, -0.2) is 0 Å². The second-order valence-corrected chi connectivity index (χ2v) is 6.98. The zero-order valence-electron chi connectivity index (χ0n) is 15.4. The molecule has 0 saturated carbocycles. The molecule has 2 aromatic carbocycles. The fourth-order valence-corrected chi connectivity index (χ4v) is 3.88. The van der Waals surface area contributed by atoms with Crippen LogP contribution in [-0.2, 0) is 11.3 Å². The third-order valence-corrected chi connectivity index (χ3v) is 5.24. The molecule has 0 aromatic heterocycles. The third kappa shape index (κ3) is 2.67. The number of carbonyl (C=O) groups is 1. The monoisotopic (exact) mass is 414 g/mol. The van der Waals surface area contributed by atoms with Gasteiger partial charge in [0, 0.05) is 0 Å². The third-order valence-electron chi connectivity index (χ3n) is 5.24. The van der Waals surface area contributed by atoms with Crippen molar-refractivity contribution in [2.45, 2.75) is 18.6 Å². The average Bonchev–Trinajstić information content (AvgIpc) is 2.73. The van der Waals surface area contributed by atoms with Crippen molar-refractivity contribution in [2.75, 3.05) is 6.61 Å². The number of hydrogen-bond acceptors (Lipinski definition) is 9. The van der Waals surface area contributed by atoms with Gasteiger partial charge in [0.15, 0.2) is 17.6 Å². The van der Waals surface area contributed by atoms with E-state index in [2.05, 4.69) is 0 Å². The summed E-state index contributed by atoms with van der Waals surface area (Å²) in [7, 11) is 0. The maximum Gasteiger partial charge on any atom is 0.203 e. The predicted octanol–water partition coefficient (Wildman–Crippen LogP) is 1.75. The minimum absolute atomic E-state index is 0.134. The molecule has 156 valence electrons. The van der Waals surface area contributed by atoms with Gasteiger partial charge in [-0.2, -0.15) is 0 Å². The molecule has 0 spiro atoms. The Hall–Kier alpha value is -3.69. The van der Waals surface area contributed by atoms with Gasteiger partial charge in [0.25, 0.3) is 0 Å². The number of aliphatic hydroxyl groups is 5. The van der Waals surface area contributed by atoms with E-state index in [4.69, 9.17) is 4.74 Å². The van der Waals surface area contributed by atoms with Crippen molar-refractivity contribution in [1.82, 2.24) is 0 Å². The molecular weight excluding hydrogens is 396 g/mol. The quantitative estimate of drug-likeness (QED) is 0.396. The Kier molecular flexibility index (Phi) is 4.56. The molecule has 2 unspecified atom stereocenters. The lowest BCUT2D eigenvalue weighted by Gasteiger charge is -2.34. The standard InChI is InChI=1S/C21H18O9/c22-6-8-4-10-14(21-20(29)19(28)17(26)13(7-23)30-21)9-2-1-3-11(24)15(9)18(27)16(10)12(25)5-8/h1-5,13-14,22-26,28-29H,6-7H2. The molecule has 1 heterocycles. The highest BCUT2D eigenvalue weighted by Crippen LogP contribution is 2.48. The molecule has 9 heteroatoms. The lowest BCUT2D eigenvalue weighted by molar-refractivity contribution is 0.0236. The van der Waals surface area contributed by atoms with Gasteiger partial charge in [-0.1, -0.05) is 18.2 Å². The molecule has 2 aromatic rings. The number of hydrogen-bond donors (Lipinski definition) is 7. The molecule has 4 rings (SSSR count). The Morgan fingerprint density at radius 2 is 1.57 bits per heavy atom. The van der Waals surface area contributed by atoms with E-state index >= 15 is 0 Å². The van der Waals surface area contributed by atoms with E-state index in [0.717, 1.165) is 0 Å². The van der Waals surface area contributed by atoms with Gasteiger partial charge in [-0.05, 0) is 28.8 Å². The number of carbonyl (C=O) groups excluding carboxylic acids is 1. The highest BCUT2D eigenvalue weighted by Gasteiger charge is 2.42. The van der Waals surface area contributed by atoms with Crippen LogP contribution in [-0.4, -0.2) is 54.2 Å². The van der Waals surface area contributed by atoms with E-state index in [-0.39, 0.29) is 39.3 Å². The Balaban J connectivity index is 2.07. The molecule has 2 atom stereocenters. The van der Waals surface area contributed by atoms with Gasteiger partial charge < -0.3 is 40.5 Å². The number of phenolic OH excluding ortho intramolecular Hbond substituents is 2. The first kappa shape index (κ1) is 19.6. The van der Waals surface area contributed by atoms with Crippen molar-refractivity contribution in [3.05, 3.63) is 81.2 Å². The largest absolute Gasteiger partial charge is 0.507 e. The first-order chi connectivity index (χ1) is 14.3. The number of aliphatic hydroxyl groups excluding tert-OH is 5. The number of ketones is 1. The lowest BCUT2D eigenvalue weighted by atomic mass is 9.74. The van der Waals surface area contributed by atoms with E-state index < -0.39 is 54.0 Å². The minimum atomic E-state index is -1.38. The highest BCUT2D eigenvalue weighted by atomic mass is 16.5. The number of fused-ring (bicyclic) bond motifs is 2. The zero-order valence-corrected chi connectivity index (χ0v) is 15.4. The van der Waals surface area contributed by atoms with Crippen LogP contribution < -0.4 is 0 Å². The second-order valence-electron chi connectivity index (χ2n) is 6.98. The summed E-state index contributed by atoms with van der Waals surface area (Å²) in [5, 5.41) is 70.3. The first-order valence-electron chi connectivity index (χ1n) is 8.96. The fraction of sp³-hybridized carbons (Fsp3) is 0.190. The summed E-state index contributed by atoms with van der Waals surface area (Å²) in [6.45, 7) is -1.17. The minimum Gasteiger partial charge on any atom is -0.507 e. The summed E-state index contributed by atoms with van der Waals surface area (Å²) in [4.78, 5) is 13.1. The predicted molar refractivity (Wildman–Crippen MR) is 101 cm³/mol. The Labute approximate surface area is 169 Å². The first-order valence-corrected chi connectivity index (χ1v) is 8.96. The topological polar surface area (TPSA) is 168 Å². The average molecular weight is 414 g/mol. The number of aromatic hydroxyl groups is 2. The maximum atomic E-state index is 13.1. The van der Waals surface area contributed by atoms with Crippen molar-refractivity contribution in [3.8, 4) is 11.5 Å². The van der Waals surface area contributed by atoms with Crippen molar-refractivity contribution >= 4 is 5.78 Å². The molecule has 7 N–H and O–H groups in total. The maximum absolute atomic E-state index is 13.1. The van der Waals surface area contributed by atoms with Crippen LogP contribution in [0.5, 0.6) is 11.5 Å². The van der Waals surface area contributed by atoms with Crippen LogP contribution in [0, 0.1) is 0 Å². The molecule has 30 heavy (non-hydrogen) atoms. The highest BCUT2D eigenvalue weighted by molar-refractivity contribution is 6.16. The van der Waals surface area contributed by atoms with Gasteiger partial charge in [-0.3, -0.25) is 4.79 Å². The number of rotatable bonds is 3. The summed E-state index contributed by atoms with van der Waals surface area (Å²) < 4.78 is 5.55. The van der Waals surface area contributed by atoms with Crippen molar-refractivity contribution in [1.29, 1.82) is 0 Å². The second kappa shape index (κ2) is 6.97. The van der Waals surface area contributed by atoms with Gasteiger partial charge >= 0.3 is 0 Å². The molecule has 0 amide bonds. The molecule has 2 aliphatic rings. The van der Waals surface area contributed by atoms with Gasteiger partial charge in [0.05, 0.1) is 30.3 Å². The van der Waals surface area contributed by atoms with Gasteiger partial charge in [0.2, 0.25) is 17.3 Å². The summed E-state index contributed by atoms with van der Waals surface area (Å²) in [6.07, 6.45) is -1.38. The molecule has 0 saturated heterocycles.